The summed E-state index contributed by atoms with van der Waals surface area (Å²) >= 11 is -0.472. The Morgan fingerprint density at radius 2 is 2.18 bits per heavy atom. The van der Waals surface area contributed by atoms with Gasteiger partial charge < -0.3 is 0 Å². The fraction of sp³-hybridized carbons (Fsp3) is 0.875. The van der Waals surface area contributed by atoms with E-state index in [1.54, 1.807) is 0 Å². The summed E-state index contributed by atoms with van der Waals surface area (Å²) in [5.74, 6) is 0. The van der Waals surface area contributed by atoms with Crippen LogP contribution in [-0.2, 0) is 0 Å². The molecule has 1 unspecified atom stereocenters. The second-order valence-corrected chi connectivity index (χ2v) is 8.36. The Kier molecular flexibility index (Phi) is 6.60. The Bertz CT molecular complexity index is 139. The third-order valence-electron chi connectivity index (χ3n) is 1.63. The standard InChI is InChI=1S/C8H17AsN2/c1-4-8(11-7-10)5-6-9(2)3/h8,10H,4-6H2,1-3H3. The second kappa shape index (κ2) is 6.64. The predicted molar refractivity (Wildman–Crippen MR) is 51.1 cm³/mol. The van der Waals surface area contributed by atoms with Crippen LogP contribution in [0.1, 0.15) is 19.8 Å². The number of aliphatic imine (C=N–C) groups is 1. The van der Waals surface area contributed by atoms with Crippen molar-refractivity contribution in [3.05, 3.63) is 0 Å². The van der Waals surface area contributed by atoms with Crippen LogP contribution < -0.4 is 0 Å². The van der Waals surface area contributed by atoms with E-state index in [-0.39, 0.29) is 0 Å². The van der Waals surface area contributed by atoms with Gasteiger partial charge in [0.2, 0.25) is 0 Å². The molecule has 0 spiro atoms. The van der Waals surface area contributed by atoms with Crippen LogP contribution >= 0.6 is 0 Å². The Hall–Kier alpha value is -0.0616. The molecule has 0 saturated carbocycles. The van der Waals surface area contributed by atoms with E-state index in [0.29, 0.717) is 6.04 Å². The van der Waals surface area contributed by atoms with Crippen LogP contribution in [0.5, 0.6) is 0 Å². The van der Waals surface area contributed by atoms with Gasteiger partial charge in [-0.05, 0) is 0 Å². The van der Waals surface area contributed by atoms with Crippen molar-refractivity contribution in [3.8, 4) is 0 Å². The molecule has 2 nitrogen and oxygen atoms in total. The molecule has 11 heavy (non-hydrogen) atoms. The number of hydrogen-bond acceptors (Lipinski definition) is 2. The summed E-state index contributed by atoms with van der Waals surface area (Å²) in [6, 6.07) is 2.50. The van der Waals surface area contributed by atoms with Crippen LogP contribution in [0, 0.1) is 5.41 Å². The van der Waals surface area contributed by atoms with Crippen LogP contribution in [-0.4, -0.2) is 26.7 Å². The third kappa shape index (κ3) is 6.34. The van der Waals surface area contributed by atoms with E-state index in [1.807, 2.05) is 0 Å². The average molecular weight is 216 g/mol. The molecule has 0 fully saturated rings. The number of nitrogens with one attached hydrogen (secondary N) is 1. The first-order chi connectivity index (χ1) is 5.20. The number of hydrogen-bond donors (Lipinski definition) is 1. The average Bonchev–Trinajstić information content (AvgIpc) is 1.97. The van der Waals surface area contributed by atoms with E-state index < -0.39 is 14.7 Å². The topological polar surface area (TPSA) is 36.2 Å². The van der Waals surface area contributed by atoms with Crippen molar-refractivity contribution in [1.29, 1.82) is 5.41 Å². The van der Waals surface area contributed by atoms with Gasteiger partial charge in [-0.15, -0.1) is 0 Å². The van der Waals surface area contributed by atoms with Crippen molar-refractivity contribution in [2.45, 2.75) is 42.4 Å². The van der Waals surface area contributed by atoms with Gasteiger partial charge in [-0.3, -0.25) is 0 Å². The third-order valence-corrected chi connectivity index (χ3v) is 4.05. The second-order valence-electron chi connectivity index (χ2n) is 2.89. The summed E-state index contributed by atoms with van der Waals surface area (Å²) in [7, 11) is 0. The maximum absolute atomic E-state index is 6.72. The minimum absolute atomic E-state index is 0.365. The fourth-order valence-corrected chi connectivity index (χ4v) is 2.57. The maximum atomic E-state index is 6.72. The molecule has 0 aliphatic rings. The molecule has 0 radical (unpaired) electrons. The van der Waals surface area contributed by atoms with Crippen LogP contribution in [0.15, 0.2) is 4.99 Å². The first kappa shape index (κ1) is 10.9. The van der Waals surface area contributed by atoms with E-state index in [9.17, 15) is 0 Å². The molecular weight excluding hydrogens is 199 g/mol. The molecule has 0 aliphatic heterocycles. The molecule has 0 aromatic carbocycles. The van der Waals surface area contributed by atoms with Crippen LogP contribution in [0.4, 0.5) is 0 Å². The van der Waals surface area contributed by atoms with Crippen molar-refractivity contribution in [1.82, 2.24) is 0 Å². The molecular formula is C8H17AsN2. The monoisotopic (exact) mass is 216 g/mol. The molecule has 0 bridgehead atoms. The molecule has 3 heteroatoms. The van der Waals surface area contributed by atoms with Crippen LogP contribution in [0.2, 0.25) is 16.6 Å². The first-order valence-corrected chi connectivity index (χ1v) is 9.05. The molecule has 0 aromatic rings. The van der Waals surface area contributed by atoms with Gasteiger partial charge in [0.15, 0.2) is 0 Å². The quantitative estimate of drug-likeness (QED) is 0.541. The van der Waals surface area contributed by atoms with Gasteiger partial charge in [0.25, 0.3) is 0 Å². The normalized spacial score (nSPS) is 12.7. The molecule has 0 heterocycles. The molecule has 0 aromatic heterocycles. The van der Waals surface area contributed by atoms with Gasteiger partial charge in [-0.2, -0.15) is 0 Å². The molecule has 1 atom stereocenters. The molecule has 1 N–H and O–H groups in total. The zero-order valence-corrected chi connectivity index (χ0v) is 9.47. The summed E-state index contributed by atoms with van der Waals surface area (Å²) in [6.45, 7) is 2.12. The zero-order valence-electron chi connectivity index (χ0n) is 7.59. The minimum atomic E-state index is -0.472. The van der Waals surface area contributed by atoms with Gasteiger partial charge >= 0.3 is 73.5 Å². The Morgan fingerprint density at radius 1 is 1.55 bits per heavy atom. The van der Waals surface area contributed by atoms with E-state index in [0.717, 1.165) is 12.8 Å². The summed E-state index contributed by atoms with van der Waals surface area (Å²) in [6.07, 6.45) is 2.21. The zero-order chi connectivity index (χ0) is 8.69. The number of rotatable bonds is 5. The molecule has 0 amide bonds. The molecule has 0 aliphatic carbocycles. The van der Waals surface area contributed by atoms with Gasteiger partial charge in [0.1, 0.15) is 0 Å². The fourth-order valence-electron chi connectivity index (χ4n) is 0.858. The van der Waals surface area contributed by atoms with Crippen molar-refractivity contribution in [2.75, 3.05) is 0 Å². The van der Waals surface area contributed by atoms with Gasteiger partial charge in [0.05, 0.1) is 0 Å². The Balaban J connectivity index is 3.60. The van der Waals surface area contributed by atoms with E-state index >= 15 is 0 Å². The van der Waals surface area contributed by atoms with Crippen molar-refractivity contribution < 1.29 is 0 Å². The van der Waals surface area contributed by atoms with Crippen molar-refractivity contribution in [2.24, 2.45) is 4.99 Å². The Labute approximate surface area is 73.9 Å². The van der Waals surface area contributed by atoms with Gasteiger partial charge in [-0.25, -0.2) is 0 Å². The number of nitrogens with zero attached hydrogens (tertiary/aromatic N) is 1. The van der Waals surface area contributed by atoms with E-state index in [4.69, 9.17) is 5.41 Å². The van der Waals surface area contributed by atoms with Crippen LogP contribution in [0.3, 0.4) is 0 Å². The van der Waals surface area contributed by atoms with Crippen molar-refractivity contribution >= 4 is 20.7 Å². The van der Waals surface area contributed by atoms with Gasteiger partial charge in [-0.1, -0.05) is 0 Å². The van der Waals surface area contributed by atoms with Gasteiger partial charge in [0, 0.05) is 0 Å². The molecule has 0 saturated heterocycles. The first-order valence-electron chi connectivity index (χ1n) is 3.97. The summed E-state index contributed by atoms with van der Waals surface area (Å²) in [5.41, 5.74) is 4.71. The van der Waals surface area contributed by atoms with Crippen molar-refractivity contribution in [3.63, 3.8) is 0 Å². The van der Waals surface area contributed by atoms with Crippen LogP contribution in [0.25, 0.3) is 0 Å². The molecule has 0 rings (SSSR count). The summed E-state index contributed by atoms with van der Waals surface area (Å²) < 4.78 is 0. The molecule has 64 valence electrons. The SMILES string of the molecule is CCC(CC[As](C)C)N=C=N. The van der Waals surface area contributed by atoms with E-state index in [1.165, 1.54) is 5.21 Å². The van der Waals surface area contributed by atoms with E-state index in [2.05, 4.69) is 29.3 Å². The Morgan fingerprint density at radius 3 is 2.55 bits per heavy atom. The predicted octanol–water partition coefficient (Wildman–Crippen LogP) is 2.66. The summed E-state index contributed by atoms with van der Waals surface area (Å²) in [5, 5.41) is 8.06. The summed E-state index contributed by atoms with van der Waals surface area (Å²) in [4.78, 5) is 3.95.